The van der Waals surface area contributed by atoms with Gasteiger partial charge in [-0.15, -0.1) is 0 Å². The van der Waals surface area contributed by atoms with Crippen molar-refractivity contribution in [2.45, 2.75) is 6.92 Å². The van der Waals surface area contributed by atoms with Crippen molar-refractivity contribution in [2.24, 2.45) is 0 Å². The number of carbonyl (C=O) groups is 2. The fraction of sp³-hybridized carbons (Fsp3) is 0.0556. The predicted octanol–water partition coefficient (Wildman–Crippen LogP) is 2.31. The van der Waals surface area contributed by atoms with E-state index in [2.05, 4.69) is 0 Å². The van der Waals surface area contributed by atoms with Crippen LogP contribution in [0.4, 0.5) is 0 Å². The van der Waals surface area contributed by atoms with Crippen LogP contribution in [0.5, 0.6) is 23.0 Å². The monoisotopic (exact) mass is 356 g/mol. The van der Waals surface area contributed by atoms with Gasteiger partial charge in [-0.1, -0.05) is 30.3 Å². The van der Waals surface area contributed by atoms with Crippen molar-refractivity contribution >= 4 is 23.2 Å². The summed E-state index contributed by atoms with van der Waals surface area (Å²) in [7, 11) is 0. The van der Waals surface area contributed by atoms with E-state index in [-0.39, 0.29) is 12.0 Å². The van der Waals surface area contributed by atoms with Crippen LogP contribution in [0.3, 0.4) is 0 Å². The quantitative estimate of drug-likeness (QED) is 0.370. The number of phenols is 2. The highest BCUT2D eigenvalue weighted by atomic mass is 16.5. The fourth-order valence-electron chi connectivity index (χ4n) is 2.51. The second-order valence-corrected chi connectivity index (χ2v) is 5.33. The lowest BCUT2D eigenvalue weighted by Crippen LogP contribution is -2.08. The number of fused-ring (bicyclic) bond motifs is 1. The van der Waals surface area contributed by atoms with Gasteiger partial charge in [-0.2, -0.15) is 0 Å². The predicted molar refractivity (Wildman–Crippen MR) is 89.6 cm³/mol. The maximum Gasteiger partial charge on any atom is 0.308 e. The molecule has 0 fully saturated rings. The van der Waals surface area contributed by atoms with Crippen LogP contribution in [0.2, 0.25) is 0 Å². The van der Waals surface area contributed by atoms with E-state index in [4.69, 9.17) is 9.15 Å². The first-order chi connectivity index (χ1) is 12.4. The number of benzene rings is 2. The molecule has 3 aromatic rings. The number of carbonyl (C=O) groups excluding carboxylic acids is 2. The second-order valence-electron chi connectivity index (χ2n) is 5.33. The van der Waals surface area contributed by atoms with E-state index in [1.165, 1.54) is 0 Å². The lowest BCUT2D eigenvalue weighted by molar-refractivity contribution is -0.131. The standard InChI is InChI=1S/C18H12O8/c1-8(20)25-18-13(22)10(7-19)12(21)11-14(23)15(24)16(26-17(11)18)9-5-3-2-4-6-9/h2-7,21-22,24H,1H3. The maximum absolute atomic E-state index is 12.6. The first-order valence-corrected chi connectivity index (χ1v) is 7.33. The number of hydrogen-bond acceptors (Lipinski definition) is 8. The van der Waals surface area contributed by atoms with Gasteiger partial charge in [0.15, 0.2) is 23.4 Å². The second kappa shape index (κ2) is 6.25. The minimum Gasteiger partial charge on any atom is -0.506 e. The van der Waals surface area contributed by atoms with E-state index in [0.29, 0.717) is 5.56 Å². The number of hydrogen-bond donors (Lipinski definition) is 3. The molecule has 3 N–H and O–H groups in total. The normalized spacial score (nSPS) is 10.7. The third kappa shape index (κ3) is 2.53. The minimum atomic E-state index is -1.06. The molecular weight excluding hydrogens is 344 g/mol. The fourth-order valence-corrected chi connectivity index (χ4v) is 2.51. The van der Waals surface area contributed by atoms with Crippen molar-refractivity contribution in [2.75, 3.05) is 0 Å². The van der Waals surface area contributed by atoms with Gasteiger partial charge in [-0.3, -0.25) is 14.4 Å². The lowest BCUT2D eigenvalue weighted by atomic mass is 10.1. The molecule has 0 unspecified atom stereocenters. The van der Waals surface area contributed by atoms with Crippen molar-refractivity contribution < 1.29 is 34.1 Å². The molecule has 3 rings (SSSR count). The Kier molecular flexibility index (Phi) is 4.09. The third-order valence-electron chi connectivity index (χ3n) is 3.66. The van der Waals surface area contributed by atoms with Gasteiger partial charge < -0.3 is 24.5 Å². The number of aromatic hydroxyl groups is 3. The molecule has 0 bridgehead atoms. The average Bonchev–Trinajstić information content (AvgIpc) is 2.62. The molecule has 0 saturated carbocycles. The molecule has 8 nitrogen and oxygen atoms in total. The Hall–Kier alpha value is -3.81. The van der Waals surface area contributed by atoms with Gasteiger partial charge in [0.1, 0.15) is 16.7 Å². The summed E-state index contributed by atoms with van der Waals surface area (Å²) in [5, 5.41) is 29.9. The van der Waals surface area contributed by atoms with Gasteiger partial charge >= 0.3 is 5.97 Å². The molecule has 0 atom stereocenters. The Morgan fingerprint density at radius 1 is 1.08 bits per heavy atom. The van der Waals surface area contributed by atoms with Crippen molar-refractivity contribution in [1.82, 2.24) is 0 Å². The Labute approximate surface area is 145 Å². The van der Waals surface area contributed by atoms with Crippen LogP contribution in [-0.2, 0) is 4.79 Å². The number of aldehydes is 1. The minimum absolute atomic E-state index is 0.0820. The Balaban J connectivity index is 2.52. The van der Waals surface area contributed by atoms with Crippen molar-refractivity contribution in [3.8, 4) is 34.3 Å². The van der Waals surface area contributed by atoms with Crippen LogP contribution in [0, 0.1) is 0 Å². The maximum atomic E-state index is 12.6. The summed E-state index contributed by atoms with van der Waals surface area (Å²) in [5.41, 5.74) is -1.88. The molecule has 0 aliphatic heterocycles. The summed E-state index contributed by atoms with van der Waals surface area (Å²) in [6.07, 6.45) is 0.0820. The van der Waals surface area contributed by atoms with E-state index in [0.717, 1.165) is 6.92 Å². The number of rotatable bonds is 3. The molecule has 2 aromatic carbocycles. The molecule has 0 aliphatic carbocycles. The molecule has 1 aromatic heterocycles. The molecule has 0 saturated heterocycles. The number of phenolic OH excluding ortho intramolecular Hbond substituents is 2. The topological polar surface area (TPSA) is 134 Å². The Morgan fingerprint density at radius 2 is 1.73 bits per heavy atom. The summed E-state index contributed by atoms with van der Waals surface area (Å²) in [6, 6.07) is 8.08. The molecule has 8 heteroatoms. The van der Waals surface area contributed by atoms with Gasteiger partial charge in [0, 0.05) is 12.5 Å². The van der Waals surface area contributed by atoms with Crippen LogP contribution in [0.1, 0.15) is 17.3 Å². The Bertz CT molecular complexity index is 1100. The third-order valence-corrected chi connectivity index (χ3v) is 3.66. The molecule has 0 radical (unpaired) electrons. The molecule has 1 heterocycles. The van der Waals surface area contributed by atoms with Gasteiger partial charge in [-0.05, 0) is 0 Å². The molecule has 26 heavy (non-hydrogen) atoms. The van der Waals surface area contributed by atoms with Crippen LogP contribution in [0.15, 0.2) is 39.5 Å². The summed E-state index contributed by atoms with van der Waals surface area (Å²) in [4.78, 5) is 35.1. The SMILES string of the molecule is CC(=O)Oc1c(O)c(C=O)c(O)c2c(=O)c(O)c(-c3ccccc3)oc12. The van der Waals surface area contributed by atoms with Crippen LogP contribution in [0.25, 0.3) is 22.3 Å². The first kappa shape index (κ1) is 17.0. The zero-order valence-corrected chi connectivity index (χ0v) is 13.3. The molecule has 132 valence electrons. The molecule has 0 aliphatic rings. The van der Waals surface area contributed by atoms with E-state index in [9.17, 15) is 29.7 Å². The zero-order valence-electron chi connectivity index (χ0n) is 13.3. The summed E-state index contributed by atoms with van der Waals surface area (Å²) < 4.78 is 10.4. The number of ether oxygens (including phenoxy) is 1. The highest BCUT2D eigenvalue weighted by molar-refractivity contribution is 6.02. The number of esters is 1. The van der Waals surface area contributed by atoms with Crippen LogP contribution >= 0.6 is 0 Å². The highest BCUT2D eigenvalue weighted by Gasteiger charge is 2.28. The van der Waals surface area contributed by atoms with Gasteiger partial charge in [0.25, 0.3) is 0 Å². The lowest BCUT2D eigenvalue weighted by Gasteiger charge is -2.13. The van der Waals surface area contributed by atoms with Crippen molar-refractivity contribution in [1.29, 1.82) is 0 Å². The van der Waals surface area contributed by atoms with Gasteiger partial charge in [0.05, 0.1) is 0 Å². The van der Waals surface area contributed by atoms with Crippen LogP contribution in [-0.4, -0.2) is 27.6 Å². The molecule has 0 spiro atoms. The summed E-state index contributed by atoms with van der Waals surface area (Å²) in [6.45, 7) is 1.04. The summed E-state index contributed by atoms with van der Waals surface area (Å²) >= 11 is 0. The average molecular weight is 356 g/mol. The summed E-state index contributed by atoms with van der Waals surface area (Å²) in [5.74, 6) is -4.30. The van der Waals surface area contributed by atoms with E-state index < -0.39 is 50.9 Å². The highest BCUT2D eigenvalue weighted by Crippen LogP contribution is 2.45. The smallest absolute Gasteiger partial charge is 0.308 e. The van der Waals surface area contributed by atoms with E-state index in [1.807, 2.05) is 0 Å². The molecular formula is C18H12O8. The van der Waals surface area contributed by atoms with E-state index >= 15 is 0 Å². The van der Waals surface area contributed by atoms with Crippen LogP contribution < -0.4 is 10.2 Å². The largest absolute Gasteiger partial charge is 0.506 e. The van der Waals surface area contributed by atoms with E-state index in [1.54, 1.807) is 30.3 Å². The van der Waals surface area contributed by atoms with Crippen molar-refractivity contribution in [3.63, 3.8) is 0 Å². The Morgan fingerprint density at radius 3 is 2.31 bits per heavy atom. The van der Waals surface area contributed by atoms with Gasteiger partial charge in [-0.25, -0.2) is 0 Å². The molecule has 0 amide bonds. The van der Waals surface area contributed by atoms with Gasteiger partial charge in [0.2, 0.25) is 16.9 Å². The first-order valence-electron chi connectivity index (χ1n) is 7.33. The van der Waals surface area contributed by atoms with Crippen molar-refractivity contribution in [3.05, 3.63) is 46.1 Å². The zero-order chi connectivity index (χ0) is 19.0.